The van der Waals surface area contributed by atoms with Gasteiger partial charge in [0.1, 0.15) is 5.78 Å². The van der Waals surface area contributed by atoms with Crippen LogP contribution < -0.4 is 0 Å². The van der Waals surface area contributed by atoms with Gasteiger partial charge in [-0.15, -0.1) is 0 Å². The second kappa shape index (κ2) is 9.45. The molecule has 0 heterocycles. The van der Waals surface area contributed by atoms with Crippen LogP contribution in [0.5, 0.6) is 0 Å². The number of hydrogen-bond acceptors (Lipinski definition) is 5. The van der Waals surface area contributed by atoms with Crippen LogP contribution in [0.15, 0.2) is 35.2 Å². The molecule has 0 N–H and O–H groups in total. The number of ketones is 1. The van der Waals surface area contributed by atoms with E-state index in [1.165, 1.54) is 14.0 Å². The number of benzene rings is 1. The zero-order valence-corrected chi connectivity index (χ0v) is 14.5. The molecule has 0 fully saturated rings. The fraction of sp³-hybridized carbons (Fsp3) is 0.529. The van der Waals surface area contributed by atoms with E-state index in [4.69, 9.17) is 0 Å². The standard InChI is InChI=1S/C17H24O5S/c1-14(18)12-13-16(10-6-7-11-17(19)22-2)23(20,21)15-8-4-3-5-9-15/h3-5,8-9,16H,6-7,10-13H2,1-2H3. The lowest BCUT2D eigenvalue weighted by molar-refractivity contribution is -0.140. The lowest BCUT2D eigenvalue weighted by Crippen LogP contribution is -2.22. The zero-order valence-electron chi connectivity index (χ0n) is 13.7. The van der Waals surface area contributed by atoms with Crippen molar-refractivity contribution in [1.29, 1.82) is 0 Å². The van der Waals surface area contributed by atoms with Gasteiger partial charge in [0.05, 0.1) is 17.3 Å². The summed E-state index contributed by atoms with van der Waals surface area (Å²) in [7, 11) is -2.14. The van der Waals surface area contributed by atoms with Crippen molar-refractivity contribution in [3.63, 3.8) is 0 Å². The first kappa shape index (κ1) is 19.4. The fourth-order valence-corrected chi connectivity index (χ4v) is 4.19. The molecule has 23 heavy (non-hydrogen) atoms. The van der Waals surface area contributed by atoms with Crippen LogP contribution in [0, 0.1) is 0 Å². The Bertz CT molecular complexity index is 607. The van der Waals surface area contributed by atoms with Crippen LogP contribution in [0.2, 0.25) is 0 Å². The Morgan fingerprint density at radius 2 is 1.70 bits per heavy atom. The lowest BCUT2D eigenvalue weighted by atomic mass is 10.1. The van der Waals surface area contributed by atoms with Crippen LogP contribution in [-0.4, -0.2) is 32.5 Å². The second-order valence-electron chi connectivity index (χ2n) is 5.54. The van der Waals surface area contributed by atoms with E-state index < -0.39 is 15.1 Å². The van der Waals surface area contributed by atoms with Gasteiger partial charge in [0, 0.05) is 12.8 Å². The van der Waals surface area contributed by atoms with E-state index in [0.29, 0.717) is 25.7 Å². The van der Waals surface area contributed by atoms with Crippen molar-refractivity contribution in [2.45, 2.75) is 55.6 Å². The molecule has 0 aliphatic carbocycles. The van der Waals surface area contributed by atoms with E-state index in [1.54, 1.807) is 30.3 Å². The molecule has 1 atom stereocenters. The highest BCUT2D eigenvalue weighted by atomic mass is 32.2. The smallest absolute Gasteiger partial charge is 0.305 e. The van der Waals surface area contributed by atoms with Crippen molar-refractivity contribution < 1.29 is 22.7 Å². The molecule has 1 aromatic carbocycles. The maximum Gasteiger partial charge on any atom is 0.305 e. The highest BCUT2D eigenvalue weighted by Gasteiger charge is 2.27. The van der Waals surface area contributed by atoms with Crippen LogP contribution in [0.1, 0.15) is 45.4 Å². The monoisotopic (exact) mass is 340 g/mol. The number of sulfone groups is 1. The van der Waals surface area contributed by atoms with Gasteiger partial charge in [-0.2, -0.15) is 0 Å². The van der Waals surface area contributed by atoms with Crippen molar-refractivity contribution >= 4 is 21.6 Å². The topological polar surface area (TPSA) is 77.5 Å². The summed E-state index contributed by atoms with van der Waals surface area (Å²) in [4.78, 5) is 22.6. The number of carbonyl (C=O) groups is 2. The number of carbonyl (C=O) groups excluding carboxylic acids is 2. The van der Waals surface area contributed by atoms with Crippen LogP contribution >= 0.6 is 0 Å². The van der Waals surface area contributed by atoms with Gasteiger partial charge in [0.15, 0.2) is 9.84 Å². The van der Waals surface area contributed by atoms with E-state index in [-0.39, 0.29) is 29.5 Å². The first-order chi connectivity index (χ1) is 10.9. The number of methoxy groups -OCH3 is 1. The molecule has 0 spiro atoms. The first-order valence-corrected chi connectivity index (χ1v) is 9.27. The summed E-state index contributed by atoms with van der Waals surface area (Å²) in [6.45, 7) is 1.46. The minimum absolute atomic E-state index is 0.0205. The summed E-state index contributed by atoms with van der Waals surface area (Å²) >= 11 is 0. The van der Waals surface area contributed by atoms with Crippen LogP contribution in [0.4, 0.5) is 0 Å². The Morgan fingerprint density at radius 3 is 2.26 bits per heavy atom. The molecule has 1 unspecified atom stereocenters. The van der Waals surface area contributed by atoms with Crippen molar-refractivity contribution in [1.82, 2.24) is 0 Å². The molecule has 0 aliphatic rings. The van der Waals surface area contributed by atoms with Gasteiger partial charge in [0.25, 0.3) is 0 Å². The van der Waals surface area contributed by atoms with Crippen LogP contribution in [-0.2, 0) is 24.2 Å². The van der Waals surface area contributed by atoms with Crippen LogP contribution in [0.25, 0.3) is 0 Å². The predicted octanol–water partition coefficient (Wildman–Crippen LogP) is 2.93. The number of ether oxygens (including phenoxy) is 1. The number of hydrogen-bond donors (Lipinski definition) is 0. The number of unbranched alkanes of at least 4 members (excludes halogenated alkanes) is 1. The molecule has 5 nitrogen and oxygen atoms in total. The largest absolute Gasteiger partial charge is 0.469 e. The van der Waals surface area contributed by atoms with Gasteiger partial charge in [0.2, 0.25) is 0 Å². The SMILES string of the molecule is COC(=O)CCCCC(CCC(C)=O)S(=O)(=O)c1ccccc1. The van der Waals surface area contributed by atoms with Crippen molar-refractivity contribution in [2.24, 2.45) is 0 Å². The average Bonchev–Trinajstić information content (AvgIpc) is 2.54. The lowest BCUT2D eigenvalue weighted by Gasteiger charge is -2.17. The molecule has 0 amide bonds. The highest BCUT2D eigenvalue weighted by molar-refractivity contribution is 7.92. The number of esters is 1. The molecule has 0 saturated heterocycles. The van der Waals surface area contributed by atoms with Crippen molar-refractivity contribution in [2.75, 3.05) is 7.11 Å². The molecule has 0 aromatic heterocycles. The summed E-state index contributed by atoms with van der Waals surface area (Å²) in [5.41, 5.74) is 0. The van der Waals surface area contributed by atoms with Gasteiger partial charge in [-0.25, -0.2) is 8.42 Å². The van der Waals surface area contributed by atoms with Crippen molar-refractivity contribution in [3.8, 4) is 0 Å². The predicted molar refractivity (Wildman–Crippen MR) is 87.8 cm³/mol. The molecule has 0 saturated carbocycles. The molecule has 1 aromatic rings. The Morgan fingerprint density at radius 1 is 1.04 bits per heavy atom. The van der Waals surface area contributed by atoms with Gasteiger partial charge in [-0.1, -0.05) is 24.6 Å². The maximum atomic E-state index is 12.7. The maximum absolute atomic E-state index is 12.7. The minimum atomic E-state index is -3.47. The first-order valence-electron chi connectivity index (χ1n) is 7.73. The normalized spacial score (nSPS) is 12.6. The third-order valence-corrected chi connectivity index (χ3v) is 5.99. The number of Topliss-reactive ketones (excluding diaryl/α,β-unsaturated/α-hetero) is 1. The molecule has 6 heteroatoms. The average molecular weight is 340 g/mol. The molecule has 128 valence electrons. The molecule has 1 rings (SSSR count). The summed E-state index contributed by atoms with van der Waals surface area (Å²) in [5, 5.41) is -0.605. The van der Waals surface area contributed by atoms with E-state index >= 15 is 0 Å². The Kier molecular flexibility index (Phi) is 7.95. The Hall–Kier alpha value is -1.69. The third-order valence-electron chi connectivity index (χ3n) is 3.71. The minimum Gasteiger partial charge on any atom is -0.469 e. The quantitative estimate of drug-likeness (QED) is 0.483. The molecular formula is C17H24O5S. The van der Waals surface area contributed by atoms with E-state index in [2.05, 4.69) is 4.74 Å². The molecule has 0 radical (unpaired) electrons. The van der Waals surface area contributed by atoms with E-state index in [0.717, 1.165) is 0 Å². The highest BCUT2D eigenvalue weighted by Crippen LogP contribution is 2.24. The summed E-state index contributed by atoms with van der Waals surface area (Å²) < 4.78 is 30.0. The molecule has 0 aliphatic heterocycles. The van der Waals surface area contributed by atoms with Gasteiger partial charge >= 0.3 is 5.97 Å². The van der Waals surface area contributed by atoms with Gasteiger partial charge < -0.3 is 9.53 Å². The summed E-state index contributed by atoms with van der Waals surface area (Å²) in [6.07, 6.45) is 2.44. The zero-order chi connectivity index (χ0) is 17.3. The molecular weight excluding hydrogens is 316 g/mol. The number of rotatable bonds is 10. The van der Waals surface area contributed by atoms with Gasteiger partial charge in [-0.05, 0) is 38.3 Å². The summed E-state index contributed by atoms with van der Waals surface area (Å²) in [5.74, 6) is -0.316. The van der Waals surface area contributed by atoms with Crippen LogP contribution in [0.3, 0.4) is 0 Å². The Balaban J connectivity index is 2.75. The molecule has 0 bridgehead atoms. The third kappa shape index (κ3) is 6.52. The van der Waals surface area contributed by atoms with E-state index in [1.807, 2.05) is 0 Å². The second-order valence-corrected chi connectivity index (χ2v) is 7.77. The van der Waals surface area contributed by atoms with Gasteiger partial charge in [-0.3, -0.25) is 4.79 Å². The summed E-state index contributed by atoms with van der Waals surface area (Å²) in [6, 6.07) is 8.29. The Labute approximate surface area is 138 Å². The van der Waals surface area contributed by atoms with Crippen molar-refractivity contribution in [3.05, 3.63) is 30.3 Å². The van der Waals surface area contributed by atoms with E-state index in [9.17, 15) is 18.0 Å². The fourth-order valence-electron chi connectivity index (χ4n) is 2.36.